The lowest BCUT2D eigenvalue weighted by atomic mass is 9.80. The zero-order valence-electron chi connectivity index (χ0n) is 15.0. The summed E-state index contributed by atoms with van der Waals surface area (Å²) in [4.78, 5) is 21.2. The summed E-state index contributed by atoms with van der Waals surface area (Å²) in [5, 5.41) is 6.59. The summed E-state index contributed by atoms with van der Waals surface area (Å²) >= 11 is 0. The van der Waals surface area contributed by atoms with E-state index >= 15 is 0 Å². The van der Waals surface area contributed by atoms with Gasteiger partial charge in [-0.25, -0.2) is 13.4 Å². The molecule has 1 saturated carbocycles. The van der Waals surface area contributed by atoms with Gasteiger partial charge in [-0.1, -0.05) is 19.3 Å². The minimum absolute atomic E-state index is 0.143. The maximum atomic E-state index is 12.5. The molecule has 3 heterocycles. The minimum Gasteiger partial charge on any atom is -0.348 e. The molecule has 0 unspecified atom stereocenters. The van der Waals surface area contributed by atoms with Crippen LogP contribution in [-0.4, -0.2) is 48.7 Å². The molecule has 1 aliphatic carbocycles. The summed E-state index contributed by atoms with van der Waals surface area (Å²) in [7, 11) is -1.78. The second-order valence-electron chi connectivity index (χ2n) is 7.33. The molecule has 2 aromatic rings. The van der Waals surface area contributed by atoms with Gasteiger partial charge in [-0.2, -0.15) is 4.98 Å². The molecular formula is C17H23N5O3S. The first-order valence-corrected chi connectivity index (χ1v) is 10.8. The molecule has 1 fully saturated rings. The molecular weight excluding hydrogens is 354 g/mol. The molecule has 2 aliphatic rings. The molecule has 1 spiro atoms. The first kappa shape index (κ1) is 17.4. The van der Waals surface area contributed by atoms with E-state index in [1.165, 1.54) is 6.42 Å². The minimum atomic E-state index is -3.56. The molecule has 1 amide bonds. The number of fused-ring (bicyclic) bond motifs is 4. The highest BCUT2D eigenvalue weighted by Crippen LogP contribution is 2.40. The van der Waals surface area contributed by atoms with E-state index < -0.39 is 9.84 Å². The molecule has 0 atom stereocenters. The van der Waals surface area contributed by atoms with Crippen LogP contribution in [0.2, 0.25) is 0 Å². The Bertz CT molecular complexity index is 989. The van der Waals surface area contributed by atoms with E-state index in [1.54, 1.807) is 13.1 Å². The Balaban J connectivity index is 2.06. The third-order valence-electron chi connectivity index (χ3n) is 5.46. The lowest BCUT2D eigenvalue weighted by molar-refractivity contribution is 0.0833. The standard InChI is InChI=1S/C17H23N5O3S/c1-18-9-12-11-8-13-15(23)19-10-17(6-4-3-5-7-17)22(13)14(11)21-16(20-12)26(2,24)25/h8,18H,3-7,9-10H2,1-2H3,(H,19,23). The van der Waals surface area contributed by atoms with Crippen LogP contribution in [0.1, 0.15) is 48.3 Å². The molecule has 0 bridgehead atoms. The van der Waals surface area contributed by atoms with E-state index in [0.717, 1.165) is 37.3 Å². The zero-order valence-corrected chi connectivity index (χ0v) is 15.8. The summed E-state index contributed by atoms with van der Waals surface area (Å²) in [5.74, 6) is -0.143. The Hall–Kier alpha value is -2.00. The number of rotatable bonds is 3. The van der Waals surface area contributed by atoms with Crippen molar-refractivity contribution in [3.63, 3.8) is 0 Å². The van der Waals surface area contributed by atoms with Gasteiger partial charge >= 0.3 is 0 Å². The second-order valence-corrected chi connectivity index (χ2v) is 9.23. The Kier molecular flexibility index (Phi) is 4.03. The van der Waals surface area contributed by atoms with E-state index in [9.17, 15) is 13.2 Å². The lowest BCUT2D eigenvalue weighted by Crippen LogP contribution is -2.52. The van der Waals surface area contributed by atoms with Gasteiger partial charge in [0.1, 0.15) is 11.3 Å². The van der Waals surface area contributed by atoms with Crippen molar-refractivity contribution >= 4 is 26.8 Å². The number of hydrogen-bond acceptors (Lipinski definition) is 6. The van der Waals surface area contributed by atoms with Gasteiger partial charge in [-0.05, 0) is 26.0 Å². The van der Waals surface area contributed by atoms with Crippen LogP contribution in [-0.2, 0) is 21.9 Å². The highest BCUT2D eigenvalue weighted by Gasteiger charge is 2.42. The average molecular weight is 377 g/mol. The van der Waals surface area contributed by atoms with Crippen LogP contribution in [0.3, 0.4) is 0 Å². The SMILES string of the molecule is CNCc1nc(S(C)(=O)=O)nc2c1cc1n2C2(CCCCC2)CNC1=O. The van der Waals surface area contributed by atoms with Crippen LogP contribution in [0.15, 0.2) is 11.2 Å². The third kappa shape index (κ3) is 2.61. The smallest absolute Gasteiger partial charge is 0.268 e. The molecule has 0 aromatic carbocycles. The fourth-order valence-electron chi connectivity index (χ4n) is 4.25. The van der Waals surface area contributed by atoms with E-state index in [2.05, 4.69) is 20.6 Å². The molecule has 140 valence electrons. The maximum absolute atomic E-state index is 12.5. The van der Waals surface area contributed by atoms with Crippen LogP contribution in [0, 0.1) is 0 Å². The molecule has 4 rings (SSSR count). The van der Waals surface area contributed by atoms with Crippen molar-refractivity contribution in [2.75, 3.05) is 19.8 Å². The summed E-state index contributed by atoms with van der Waals surface area (Å²) in [6.45, 7) is 0.960. The van der Waals surface area contributed by atoms with Crippen molar-refractivity contribution in [1.82, 2.24) is 25.2 Å². The molecule has 2 N–H and O–H groups in total. The quantitative estimate of drug-likeness (QED) is 0.772. The number of nitrogens with one attached hydrogen (secondary N) is 2. The van der Waals surface area contributed by atoms with Crippen LogP contribution >= 0.6 is 0 Å². The van der Waals surface area contributed by atoms with Gasteiger partial charge in [0.05, 0.1) is 11.2 Å². The van der Waals surface area contributed by atoms with Gasteiger partial charge in [0.15, 0.2) is 0 Å². The van der Waals surface area contributed by atoms with Gasteiger partial charge in [-0.3, -0.25) is 4.79 Å². The van der Waals surface area contributed by atoms with Gasteiger partial charge in [0, 0.05) is 24.7 Å². The molecule has 8 nitrogen and oxygen atoms in total. The van der Waals surface area contributed by atoms with Crippen LogP contribution in [0.25, 0.3) is 11.0 Å². The third-order valence-corrected chi connectivity index (χ3v) is 6.31. The van der Waals surface area contributed by atoms with Crippen molar-refractivity contribution in [3.8, 4) is 0 Å². The monoisotopic (exact) mass is 377 g/mol. The van der Waals surface area contributed by atoms with Gasteiger partial charge in [0.2, 0.25) is 15.0 Å². The number of amides is 1. The molecule has 0 saturated heterocycles. The van der Waals surface area contributed by atoms with Crippen molar-refractivity contribution < 1.29 is 13.2 Å². The number of aromatic nitrogens is 3. The average Bonchev–Trinajstić information content (AvgIpc) is 3.00. The number of sulfone groups is 1. The van der Waals surface area contributed by atoms with Crippen molar-refractivity contribution in [1.29, 1.82) is 0 Å². The van der Waals surface area contributed by atoms with Crippen molar-refractivity contribution in [2.45, 2.75) is 49.3 Å². The predicted octanol–water partition coefficient (Wildman–Crippen LogP) is 0.957. The van der Waals surface area contributed by atoms with E-state index in [0.29, 0.717) is 30.1 Å². The fraction of sp³-hybridized carbons (Fsp3) is 0.588. The van der Waals surface area contributed by atoms with E-state index in [-0.39, 0.29) is 16.6 Å². The summed E-state index contributed by atoms with van der Waals surface area (Å²) in [5.41, 5.74) is 1.46. The first-order chi connectivity index (χ1) is 12.4. The summed E-state index contributed by atoms with van der Waals surface area (Å²) < 4.78 is 26.2. The van der Waals surface area contributed by atoms with Crippen molar-refractivity contribution in [2.24, 2.45) is 0 Å². The number of carbonyl (C=O) groups is 1. The van der Waals surface area contributed by atoms with Gasteiger partial charge in [0.25, 0.3) is 5.91 Å². The number of nitrogens with zero attached hydrogens (tertiary/aromatic N) is 3. The normalized spacial score (nSPS) is 19.5. The van der Waals surface area contributed by atoms with Crippen LogP contribution in [0.4, 0.5) is 0 Å². The maximum Gasteiger partial charge on any atom is 0.268 e. The Morgan fingerprint density at radius 2 is 2.00 bits per heavy atom. The number of carbonyl (C=O) groups excluding carboxylic acids is 1. The van der Waals surface area contributed by atoms with E-state index in [1.807, 2.05) is 4.57 Å². The molecule has 9 heteroatoms. The van der Waals surface area contributed by atoms with Gasteiger partial charge in [-0.15, -0.1) is 0 Å². The fourth-order valence-corrected chi connectivity index (χ4v) is 4.78. The Labute approximate surface area is 152 Å². The molecule has 26 heavy (non-hydrogen) atoms. The van der Waals surface area contributed by atoms with Crippen molar-refractivity contribution in [3.05, 3.63) is 17.5 Å². The molecule has 1 aliphatic heterocycles. The molecule has 0 radical (unpaired) electrons. The predicted molar refractivity (Wildman–Crippen MR) is 96.8 cm³/mol. The first-order valence-electron chi connectivity index (χ1n) is 8.91. The Morgan fingerprint density at radius 1 is 1.27 bits per heavy atom. The largest absolute Gasteiger partial charge is 0.348 e. The highest BCUT2D eigenvalue weighted by atomic mass is 32.2. The van der Waals surface area contributed by atoms with Crippen LogP contribution < -0.4 is 10.6 Å². The molecule has 2 aromatic heterocycles. The summed E-state index contributed by atoms with van der Waals surface area (Å²) in [6.07, 6.45) is 6.36. The van der Waals surface area contributed by atoms with E-state index in [4.69, 9.17) is 0 Å². The highest BCUT2D eigenvalue weighted by molar-refractivity contribution is 7.90. The number of hydrogen-bond donors (Lipinski definition) is 2. The second kappa shape index (κ2) is 6.02. The summed E-state index contributed by atoms with van der Waals surface area (Å²) in [6, 6.07) is 1.80. The zero-order chi connectivity index (χ0) is 18.5. The lowest BCUT2D eigenvalue weighted by Gasteiger charge is -2.42. The van der Waals surface area contributed by atoms with Crippen LogP contribution in [0.5, 0.6) is 0 Å². The van der Waals surface area contributed by atoms with Gasteiger partial charge < -0.3 is 15.2 Å². The topological polar surface area (TPSA) is 106 Å². The Morgan fingerprint density at radius 3 is 2.65 bits per heavy atom.